The van der Waals surface area contributed by atoms with Gasteiger partial charge in [-0.05, 0) is 36.7 Å². The van der Waals surface area contributed by atoms with Crippen molar-refractivity contribution in [2.24, 2.45) is 5.73 Å². The van der Waals surface area contributed by atoms with Crippen molar-refractivity contribution in [2.75, 3.05) is 6.54 Å². The van der Waals surface area contributed by atoms with Crippen molar-refractivity contribution in [3.63, 3.8) is 0 Å². The summed E-state index contributed by atoms with van der Waals surface area (Å²) in [6.45, 7) is 0.344. The van der Waals surface area contributed by atoms with Crippen LogP contribution in [-0.2, 0) is 5.60 Å². The van der Waals surface area contributed by atoms with Crippen molar-refractivity contribution < 1.29 is 5.11 Å². The fourth-order valence-corrected chi connectivity index (χ4v) is 1.73. The lowest BCUT2D eigenvalue weighted by molar-refractivity contribution is 0.0640. The summed E-state index contributed by atoms with van der Waals surface area (Å²) in [5, 5.41) is 10.7. The Balaban J connectivity index is 2.47. The van der Waals surface area contributed by atoms with E-state index >= 15 is 0 Å². The highest BCUT2D eigenvalue weighted by molar-refractivity contribution is 5.27. The first-order valence-electron chi connectivity index (χ1n) is 5.38. The molecule has 0 aliphatic carbocycles. The molecule has 2 rings (SSSR count). The first-order valence-corrected chi connectivity index (χ1v) is 5.38. The maximum Gasteiger partial charge on any atom is 0.164 e. The van der Waals surface area contributed by atoms with Gasteiger partial charge in [-0.15, -0.1) is 0 Å². The molecule has 2 aromatic rings. The van der Waals surface area contributed by atoms with E-state index < -0.39 is 5.60 Å². The first kappa shape index (κ1) is 11.6. The minimum Gasteiger partial charge on any atom is -0.377 e. The summed E-state index contributed by atoms with van der Waals surface area (Å²) in [6, 6.07) is 5.19. The summed E-state index contributed by atoms with van der Waals surface area (Å²) in [4.78, 5) is 12.1. The molecule has 1 atom stereocenters. The lowest BCUT2D eigenvalue weighted by Gasteiger charge is -2.26. The minimum atomic E-state index is -1.25. The smallest absolute Gasteiger partial charge is 0.164 e. The molecule has 0 aliphatic heterocycles. The Hall–Kier alpha value is -1.85. The highest BCUT2D eigenvalue weighted by Crippen LogP contribution is 2.29. The van der Waals surface area contributed by atoms with Crippen LogP contribution >= 0.6 is 0 Å². The van der Waals surface area contributed by atoms with Crippen molar-refractivity contribution in [1.82, 2.24) is 15.0 Å². The molecule has 2 aromatic heterocycles. The van der Waals surface area contributed by atoms with Crippen molar-refractivity contribution >= 4 is 0 Å². The number of rotatable bonds is 4. The molecular formula is C12H14N4O. The Morgan fingerprint density at radius 1 is 1.12 bits per heavy atom. The molecule has 5 heteroatoms. The van der Waals surface area contributed by atoms with Gasteiger partial charge in [0.05, 0.1) is 0 Å². The SMILES string of the molecule is NCCC(O)(c1ccncc1)c1ncccn1. The molecule has 0 aromatic carbocycles. The van der Waals surface area contributed by atoms with Gasteiger partial charge in [-0.2, -0.15) is 0 Å². The third kappa shape index (κ3) is 2.30. The summed E-state index contributed by atoms with van der Waals surface area (Å²) in [6.07, 6.45) is 6.82. The summed E-state index contributed by atoms with van der Waals surface area (Å²) >= 11 is 0. The standard InChI is InChI=1S/C12H14N4O/c13-5-4-12(17,10-2-8-14-9-3-10)11-15-6-1-7-16-11/h1-3,6-9,17H,4-5,13H2. The van der Waals surface area contributed by atoms with Crippen LogP contribution < -0.4 is 5.73 Å². The van der Waals surface area contributed by atoms with Crippen LogP contribution in [-0.4, -0.2) is 26.6 Å². The molecule has 0 radical (unpaired) electrons. The topological polar surface area (TPSA) is 84.9 Å². The maximum atomic E-state index is 10.7. The van der Waals surface area contributed by atoms with Crippen LogP contribution in [0.5, 0.6) is 0 Å². The molecule has 3 N–H and O–H groups in total. The molecule has 0 amide bonds. The summed E-state index contributed by atoms with van der Waals surface area (Å²) in [5.74, 6) is 0.358. The van der Waals surface area contributed by atoms with E-state index in [0.717, 1.165) is 0 Å². The fraction of sp³-hybridized carbons (Fsp3) is 0.250. The predicted octanol–water partition coefficient (Wildman–Crippen LogP) is 0.456. The Morgan fingerprint density at radius 3 is 2.35 bits per heavy atom. The third-order valence-corrected chi connectivity index (χ3v) is 2.60. The Labute approximate surface area is 99.4 Å². The molecule has 5 nitrogen and oxygen atoms in total. The summed E-state index contributed by atoms with van der Waals surface area (Å²) in [5.41, 5.74) is 5.01. The van der Waals surface area contributed by atoms with Gasteiger partial charge in [-0.1, -0.05) is 0 Å². The third-order valence-electron chi connectivity index (χ3n) is 2.60. The van der Waals surface area contributed by atoms with Crippen molar-refractivity contribution in [1.29, 1.82) is 0 Å². The quantitative estimate of drug-likeness (QED) is 0.796. The Morgan fingerprint density at radius 2 is 1.76 bits per heavy atom. The van der Waals surface area contributed by atoms with Gasteiger partial charge in [0.2, 0.25) is 0 Å². The first-order chi connectivity index (χ1) is 8.27. The number of nitrogens with zero attached hydrogens (tertiary/aromatic N) is 3. The van der Waals surface area contributed by atoms with Gasteiger partial charge in [-0.3, -0.25) is 4.98 Å². The minimum absolute atomic E-state index is 0.344. The molecule has 0 spiro atoms. The van der Waals surface area contributed by atoms with E-state index in [1.54, 1.807) is 43.0 Å². The van der Waals surface area contributed by atoms with Gasteiger partial charge >= 0.3 is 0 Å². The number of nitrogens with two attached hydrogens (primary N) is 1. The molecule has 2 heterocycles. The lowest BCUT2D eigenvalue weighted by atomic mass is 9.90. The number of aromatic nitrogens is 3. The van der Waals surface area contributed by atoms with Crippen LogP contribution in [0.4, 0.5) is 0 Å². The maximum absolute atomic E-state index is 10.7. The summed E-state index contributed by atoms with van der Waals surface area (Å²) < 4.78 is 0. The fourth-order valence-electron chi connectivity index (χ4n) is 1.73. The number of hydrogen-bond donors (Lipinski definition) is 2. The zero-order valence-corrected chi connectivity index (χ0v) is 9.32. The molecule has 0 aliphatic rings. The second-order valence-electron chi connectivity index (χ2n) is 3.71. The van der Waals surface area contributed by atoms with Crippen molar-refractivity contribution in [3.05, 3.63) is 54.4 Å². The zero-order valence-electron chi connectivity index (χ0n) is 9.32. The highest BCUT2D eigenvalue weighted by atomic mass is 16.3. The van der Waals surface area contributed by atoms with Crippen LogP contribution in [0.15, 0.2) is 43.0 Å². The van der Waals surface area contributed by atoms with E-state index in [9.17, 15) is 5.11 Å². The number of aliphatic hydroxyl groups is 1. The van der Waals surface area contributed by atoms with E-state index in [2.05, 4.69) is 15.0 Å². The van der Waals surface area contributed by atoms with Crippen molar-refractivity contribution in [2.45, 2.75) is 12.0 Å². The number of hydrogen-bond acceptors (Lipinski definition) is 5. The predicted molar refractivity (Wildman–Crippen MR) is 62.9 cm³/mol. The van der Waals surface area contributed by atoms with Crippen LogP contribution in [0.25, 0.3) is 0 Å². The zero-order chi connectivity index (χ0) is 12.1. The van der Waals surface area contributed by atoms with Crippen LogP contribution in [0.2, 0.25) is 0 Å². The van der Waals surface area contributed by atoms with Crippen LogP contribution in [0.3, 0.4) is 0 Å². The Kier molecular flexibility index (Phi) is 3.41. The van der Waals surface area contributed by atoms with E-state index in [0.29, 0.717) is 24.4 Å². The number of pyridine rings is 1. The largest absolute Gasteiger partial charge is 0.377 e. The van der Waals surface area contributed by atoms with E-state index in [1.807, 2.05) is 0 Å². The second kappa shape index (κ2) is 4.99. The molecule has 0 saturated heterocycles. The van der Waals surface area contributed by atoms with E-state index in [1.165, 1.54) is 0 Å². The lowest BCUT2D eigenvalue weighted by Crippen LogP contribution is -2.32. The van der Waals surface area contributed by atoms with Crippen LogP contribution in [0.1, 0.15) is 17.8 Å². The molecule has 1 unspecified atom stereocenters. The van der Waals surface area contributed by atoms with Gasteiger partial charge in [0.25, 0.3) is 0 Å². The van der Waals surface area contributed by atoms with Gasteiger partial charge in [0.1, 0.15) is 0 Å². The average molecular weight is 230 g/mol. The summed E-state index contributed by atoms with van der Waals surface area (Å²) in [7, 11) is 0. The highest BCUT2D eigenvalue weighted by Gasteiger charge is 2.33. The van der Waals surface area contributed by atoms with Crippen molar-refractivity contribution in [3.8, 4) is 0 Å². The van der Waals surface area contributed by atoms with E-state index in [-0.39, 0.29) is 0 Å². The molecular weight excluding hydrogens is 216 g/mol. The molecule has 0 saturated carbocycles. The second-order valence-corrected chi connectivity index (χ2v) is 3.71. The monoisotopic (exact) mass is 230 g/mol. The van der Waals surface area contributed by atoms with Gasteiger partial charge < -0.3 is 10.8 Å². The van der Waals surface area contributed by atoms with Gasteiger partial charge in [0, 0.05) is 24.8 Å². The molecule has 0 fully saturated rings. The normalized spacial score (nSPS) is 14.2. The molecule has 0 bridgehead atoms. The molecule has 17 heavy (non-hydrogen) atoms. The van der Waals surface area contributed by atoms with Gasteiger partial charge in [0.15, 0.2) is 11.4 Å². The van der Waals surface area contributed by atoms with Crippen LogP contribution in [0, 0.1) is 0 Å². The Bertz CT molecular complexity index is 421. The van der Waals surface area contributed by atoms with E-state index in [4.69, 9.17) is 5.73 Å². The molecule has 88 valence electrons. The van der Waals surface area contributed by atoms with Gasteiger partial charge in [-0.25, -0.2) is 9.97 Å². The average Bonchev–Trinajstić information content (AvgIpc) is 2.41.